The summed E-state index contributed by atoms with van der Waals surface area (Å²) >= 11 is 0. The van der Waals surface area contributed by atoms with Gasteiger partial charge < -0.3 is 19.7 Å². The highest BCUT2D eigenvalue weighted by Gasteiger charge is 2.56. The maximum atomic E-state index is 13.8. The number of methoxy groups -OCH3 is 1. The first kappa shape index (κ1) is 21.5. The van der Waals surface area contributed by atoms with Crippen LogP contribution in [-0.2, 0) is 9.47 Å². The number of halogens is 1. The molecule has 1 N–H and O–H groups in total. The predicted octanol–water partition coefficient (Wildman–Crippen LogP) is 3.87. The van der Waals surface area contributed by atoms with Crippen molar-refractivity contribution in [2.24, 2.45) is 0 Å². The van der Waals surface area contributed by atoms with E-state index in [4.69, 9.17) is 9.47 Å². The lowest BCUT2D eigenvalue weighted by atomic mass is 9.69. The van der Waals surface area contributed by atoms with Crippen LogP contribution in [-0.4, -0.2) is 73.5 Å². The number of urea groups is 1. The number of nitrogens with one attached hydrogen (secondary N) is 1. The molecule has 6 nitrogen and oxygen atoms in total. The van der Waals surface area contributed by atoms with Crippen molar-refractivity contribution in [3.63, 3.8) is 0 Å². The molecule has 2 amide bonds. The van der Waals surface area contributed by atoms with Crippen molar-refractivity contribution in [2.75, 3.05) is 45.3 Å². The van der Waals surface area contributed by atoms with Gasteiger partial charge >= 0.3 is 6.03 Å². The van der Waals surface area contributed by atoms with Crippen LogP contribution in [0.5, 0.6) is 0 Å². The van der Waals surface area contributed by atoms with Gasteiger partial charge in [-0.2, -0.15) is 0 Å². The summed E-state index contributed by atoms with van der Waals surface area (Å²) in [5.41, 5.74) is 0.415. The Labute approximate surface area is 178 Å². The fourth-order valence-electron chi connectivity index (χ4n) is 5.51. The Morgan fingerprint density at radius 1 is 1.17 bits per heavy atom. The van der Waals surface area contributed by atoms with Gasteiger partial charge in [0.05, 0.1) is 25.0 Å². The van der Waals surface area contributed by atoms with Gasteiger partial charge in [-0.1, -0.05) is 31.4 Å². The van der Waals surface area contributed by atoms with Crippen LogP contribution in [0.15, 0.2) is 24.3 Å². The number of piperidine rings is 1. The van der Waals surface area contributed by atoms with Crippen molar-refractivity contribution < 1.29 is 18.7 Å². The summed E-state index contributed by atoms with van der Waals surface area (Å²) < 4.78 is 25.2. The maximum absolute atomic E-state index is 13.8. The molecule has 1 aromatic rings. The molecule has 166 valence electrons. The number of nitrogens with zero attached hydrogens (tertiary/aromatic N) is 2. The largest absolute Gasteiger partial charge is 0.382 e. The van der Waals surface area contributed by atoms with Crippen LogP contribution >= 0.6 is 0 Å². The van der Waals surface area contributed by atoms with E-state index in [0.717, 1.165) is 19.4 Å². The second-order valence-electron chi connectivity index (χ2n) is 8.80. The highest BCUT2D eigenvalue weighted by Crippen LogP contribution is 2.47. The molecule has 2 aliphatic heterocycles. The van der Waals surface area contributed by atoms with E-state index >= 15 is 0 Å². The van der Waals surface area contributed by atoms with E-state index < -0.39 is 5.82 Å². The van der Waals surface area contributed by atoms with Crippen LogP contribution < -0.4 is 5.32 Å². The number of likely N-dealkylation sites (tertiary alicyclic amines) is 2. The molecule has 4 rings (SSSR count). The lowest BCUT2D eigenvalue weighted by Crippen LogP contribution is -2.75. The van der Waals surface area contributed by atoms with Crippen molar-refractivity contribution in [1.82, 2.24) is 9.80 Å². The minimum atomic E-state index is -0.403. The summed E-state index contributed by atoms with van der Waals surface area (Å²) in [5, 5.41) is 2.71. The van der Waals surface area contributed by atoms with Crippen molar-refractivity contribution in [3.05, 3.63) is 30.1 Å². The monoisotopic (exact) mass is 419 g/mol. The van der Waals surface area contributed by atoms with Crippen LogP contribution in [0, 0.1) is 5.82 Å². The van der Waals surface area contributed by atoms with Crippen molar-refractivity contribution in [3.8, 4) is 0 Å². The number of para-hydroxylation sites is 1. The third-order valence-electron chi connectivity index (χ3n) is 7.17. The number of anilines is 1. The first-order valence-corrected chi connectivity index (χ1v) is 11.3. The summed E-state index contributed by atoms with van der Waals surface area (Å²) in [4.78, 5) is 17.1. The molecule has 1 spiro atoms. The van der Waals surface area contributed by atoms with Gasteiger partial charge in [-0.3, -0.25) is 4.90 Å². The molecule has 0 aromatic heterocycles. The third-order valence-corrected chi connectivity index (χ3v) is 7.17. The Kier molecular flexibility index (Phi) is 6.91. The summed E-state index contributed by atoms with van der Waals surface area (Å²) in [7, 11) is 1.71. The smallest absolute Gasteiger partial charge is 0.321 e. The number of benzene rings is 1. The molecule has 1 atom stereocenters. The molecular weight excluding hydrogens is 385 g/mol. The van der Waals surface area contributed by atoms with Gasteiger partial charge in [0.25, 0.3) is 0 Å². The molecule has 0 radical (unpaired) electrons. The normalized spacial score (nSPS) is 24.6. The molecule has 3 aliphatic rings. The van der Waals surface area contributed by atoms with Crippen molar-refractivity contribution >= 4 is 11.7 Å². The standard InChI is InChI=1S/C23H34FN3O3/c1-29-15-16-30-21-17-27(23(21)11-5-2-6-12-23)18-9-13-26(14-10-18)22(28)25-20-8-4-3-7-19(20)24/h3-4,7-8,18,21H,2,5-6,9-17H2,1H3,(H,25,28)/t21-/m0/s1. The zero-order valence-corrected chi connectivity index (χ0v) is 17.9. The number of rotatable bonds is 6. The molecule has 1 saturated carbocycles. The molecule has 3 fully saturated rings. The minimum Gasteiger partial charge on any atom is -0.382 e. The molecule has 1 aromatic carbocycles. The van der Waals surface area contributed by atoms with Gasteiger partial charge in [0.2, 0.25) is 0 Å². The van der Waals surface area contributed by atoms with Gasteiger partial charge in [-0.25, -0.2) is 9.18 Å². The number of carbonyl (C=O) groups is 1. The summed E-state index contributed by atoms with van der Waals surface area (Å²) in [6, 6.07) is 6.58. The van der Waals surface area contributed by atoms with Crippen LogP contribution in [0.2, 0.25) is 0 Å². The average molecular weight is 420 g/mol. The number of amides is 2. The molecule has 7 heteroatoms. The molecule has 30 heavy (non-hydrogen) atoms. The van der Waals surface area contributed by atoms with Gasteiger partial charge in [0.1, 0.15) is 5.82 Å². The highest BCUT2D eigenvalue weighted by atomic mass is 19.1. The van der Waals surface area contributed by atoms with E-state index in [9.17, 15) is 9.18 Å². The summed E-state index contributed by atoms with van der Waals surface area (Å²) in [6.07, 6.45) is 8.48. The van der Waals surface area contributed by atoms with Crippen LogP contribution in [0.4, 0.5) is 14.9 Å². The SMILES string of the molecule is COCCO[C@H]1CN(C2CCN(C(=O)Nc3ccccc3F)CC2)C12CCCCC2. The molecule has 0 unspecified atom stereocenters. The molecule has 1 aliphatic carbocycles. The van der Waals surface area contributed by atoms with Crippen molar-refractivity contribution in [1.29, 1.82) is 0 Å². The van der Waals surface area contributed by atoms with E-state index in [1.807, 2.05) is 4.90 Å². The van der Waals surface area contributed by atoms with E-state index in [1.54, 1.807) is 25.3 Å². The molecule has 0 bridgehead atoms. The predicted molar refractivity (Wildman–Crippen MR) is 114 cm³/mol. The van der Waals surface area contributed by atoms with E-state index in [1.165, 1.54) is 38.2 Å². The number of carbonyl (C=O) groups excluding carboxylic acids is 1. The maximum Gasteiger partial charge on any atom is 0.321 e. The van der Waals surface area contributed by atoms with Crippen LogP contribution in [0.25, 0.3) is 0 Å². The Morgan fingerprint density at radius 3 is 2.60 bits per heavy atom. The van der Waals surface area contributed by atoms with E-state index in [0.29, 0.717) is 38.4 Å². The van der Waals surface area contributed by atoms with Gasteiger partial charge in [-0.05, 0) is 37.8 Å². The molecular formula is C23H34FN3O3. The lowest BCUT2D eigenvalue weighted by Gasteiger charge is -2.63. The van der Waals surface area contributed by atoms with Gasteiger partial charge in [-0.15, -0.1) is 0 Å². The Balaban J connectivity index is 1.32. The summed E-state index contributed by atoms with van der Waals surface area (Å²) in [5.74, 6) is -0.403. The second kappa shape index (κ2) is 9.62. The second-order valence-corrected chi connectivity index (χ2v) is 8.80. The van der Waals surface area contributed by atoms with E-state index in [-0.39, 0.29) is 17.3 Å². The van der Waals surface area contributed by atoms with E-state index in [2.05, 4.69) is 10.2 Å². The fraction of sp³-hybridized carbons (Fsp3) is 0.696. The molecule has 2 saturated heterocycles. The van der Waals surface area contributed by atoms with Gasteiger partial charge in [0, 0.05) is 38.3 Å². The quantitative estimate of drug-likeness (QED) is 0.711. The third kappa shape index (κ3) is 4.34. The number of hydrogen-bond acceptors (Lipinski definition) is 4. The number of hydrogen-bond donors (Lipinski definition) is 1. The summed E-state index contributed by atoms with van der Waals surface area (Å²) in [6.45, 7) is 3.68. The van der Waals surface area contributed by atoms with Crippen LogP contribution in [0.3, 0.4) is 0 Å². The zero-order chi connectivity index (χ0) is 21.0. The zero-order valence-electron chi connectivity index (χ0n) is 17.9. The first-order valence-electron chi connectivity index (χ1n) is 11.3. The van der Waals surface area contributed by atoms with Crippen LogP contribution in [0.1, 0.15) is 44.9 Å². The lowest BCUT2D eigenvalue weighted by molar-refractivity contribution is -0.203. The van der Waals surface area contributed by atoms with Gasteiger partial charge in [0.15, 0.2) is 0 Å². The Bertz CT molecular complexity index is 717. The minimum absolute atomic E-state index is 0.175. The highest BCUT2D eigenvalue weighted by molar-refractivity contribution is 5.89. The average Bonchev–Trinajstić information content (AvgIpc) is 2.78. The Morgan fingerprint density at radius 2 is 1.90 bits per heavy atom. The topological polar surface area (TPSA) is 54.0 Å². The Hall–Kier alpha value is -1.70. The fourth-order valence-corrected chi connectivity index (χ4v) is 5.51. The number of ether oxygens (including phenoxy) is 2. The molecule has 2 heterocycles. The van der Waals surface area contributed by atoms with Crippen molar-refractivity contribution in [2.45, 2.75) is 62.6 Å². The first-order chi connectivity index (χ1) is 14.6.